The number of ether oxygens (including phenoxy) is 3. The Hall–Kier alpha value is -3.03. The largest absolute Gasteiger partial charge is 0.504 e. The number of carbonyl (C=O) groups is 2. The standard InChI is InChI=1S/C30H46N2O6/c1-6-10-13-22(8-3)20-37-27(33)19-25(30(35)38-21-23(9-4)14-11-7-2)32-18-17-31-29(32)24-15-12-16-26(36-5)28(24)34/h12,15-18,22-23,25,34H,6-11,13-14,19-21H2,1-5H3. The van der Waals surface area contributed by atoms with E-state index in [-0.39, 0.29) is 23.8 Å². The van der Waals surface area contributed by atoms with Gasteiger partial charge in [-0.05, 0) is 36.8 Å². The molecule has 0 aliphatic rings. The van der Waals surface area contributed by atoms with Gasteiger partial charge in [-0.1, -0.05) is 72.3 Å². The lowest BCUT2D eigenvalue weighted by Crippen LogP contribution is -2.28. The Balaban J connectivity index is 2.29. The molecule has 212 valence electrons. The molecule has 1 heterocycles. The molecule has 0 spiro atoms. The number of phenolic OH excluding ortho intramolecular Hbond substituents is 1. The first-order chi connectivity index (χ1) is 18.4. The van der Waals surface area contributed by atoms with Crippen molar-refractivity contribution in [1.29, 1.82) is 0 Å². The molecule has 38 heavy (non-hydrogen) atoms. The van der Waals surface area contributed by atoms with Crippen LogP contribution in [0.15, 0.2) is 30.6 Å². The Bertz CT molecular complexity index is 989. The Morgan fingerprint density at radius 3 is 2.18 bits per heavy atom. The number of phenols is 1. The van der Waals surface area contributed by atoms with Crippen LogP contribution in [0.1, 0.15) is 91.5 Å². The van der Waals surface area contributed by atoms with Crippen LogP contribution < -0.4 is 4.74 Å². The van der Waals surface area contributed by atoms with Gasteiger partial charge in [-0.15, -0.1) is 0 Å². The molecule has 3 unspecified atom stereocenters. The number of carbonyl (C=O) groups excluding carboxylic acids is 2. The number of para-hydroxylation sites is 1. The molecule has 0 fully saturated rings. The first-order valence-corrected chi connectivity index (χ1v) is 14.1. The van der Waals surface area contributed by atoms with Crippen LogP contribution >= 0.6 is 0 Å². The number of rotatable bonds is 18. The summed E-state index contributed by atoms with van der Waals surface area (Å²) < 4.78 is 18.2. The van der Waals surface area contributed by atoms with Crippen molar-refractivity contribution in [3.63, 3.8) is 0 Å². The lowest BCUT2D eigenvalue weighted by molar-refractivity contribution is -0.156. The molecule has 0 radical (unpaired) electrons. The van der Waals surface area contributed by atoms with Gasteiger partial charge < -0.3 is 23.9 Å². The number of hydrogen-bond donors (Lipinski definition) is 1. The third-order valence-electron chi connectivity index (χ3n) is 7.12. The number of esters is 2. The summed E-state index contributed by atoms with van der Waals surface area (Å²) in [5.74, 6) is 0.111. The van der Waals surface area contributed by atoms with Gasteiger partial charge in [-0.25, -0.2) is 9.78 Å². The predicted octanol–water partition coefficient (Wildman–Crippen LogP) is 6.71. The third kappa shape index (κ3) is 9.07. The van der Waals surface area contributed by atoms with E-state index in [0.29, 0.717) is 30.5 Å². The van der Waals surface area contributed by atoms with Crippen LogP contribution in [0.2, 0.25) is 0 Å². The summed E-state index contributed by atoms with van der Waals surface area (Å²) in [4.78, 5) is 30.8. The zero-order valence-corrected chi connectivity index (χ0v) is 23.8. The average Bonchev–Trinajstić information content (AvgIpc) is 3.41. The van der Waals surface area contributed by atoms with Gasteiger partial charge in [0.05, 0.1) is 32.3 Å². The minimum atomic E-state index is -0.981. The van der Waals surface area contributed by atoms with Crippen LogP contribution in [-0.4, -0.2) is 46.9 Å². The molecule has 8 heteroatoms. The summed E-state index contributed by atoms with van der Waals surface area (Å²) in [7, 11) is 1.47. The SMILES string of the molecule is CCCCC(CC)COC(=O)CC(C(=O)OCC(CC)CCCC)n1ccnc1-c1cccc(OC)c1O. The van der Waals surface area contributed by atoms with Crippen molar-refractivity contribution in [2.24, 2.45) is 11.8 Å². The number of benzene rings is 1. The number of methoxy groups -OCH3 is 1. The molecule has 2 aromatic rings. The lowest BCUT2D eigenvalue weighted by Gasteiger charge is -2.22. The highest BCUT2D eigenvalue weighted by Gasteiger charge is 2.30. The highest BCUT2D eigenvalue weighted by Crippen LogP contribution is 2.37. The summed E-state index contributed by atoms with van der Waals surface area (Å²) in [5, 5.41) is 10.7. The first kappa shape index (κ1) is 31.2. The van der Waals surface area contributed by atoms with E-state index in [0.717, 1.165) is 51.4 Å². The minimum absolute atomic E-state index is 0.0931. The van der Waals surface area contributed by atoms with Crippen molar-refractivity contribution in [3.8, 4) is 22.9 Å². The second kappa shape index (κ2) is 16.7. The van der Waals surface area contributed by atoms with Gasteiger partial charge in [-0.3, -0.25) is 4.79 Å². The van der Waals surface area contributed by atoms with Crippen LogP contribution in [0.4, 0.5) is 0 Å². The van der Waals surface area contributed by atoms with Crippen LogP contribution in [0.5, 0.6) is 11.5 Å². The molecule has 0 saturated heterocycles. The Labute approximate surface area is 227 Å². The van der Waals surface area contributed by atoms with Gasteiger partial charge in [0, 0.05) is 12.4 Å². The lowest BCUT2D eigenvalue weighted by atomic mass is 10.0. The second-order valence-corrected chi connectivity index (χ2v) is 9.88. The molecule has 0 saturated carbocycles. The van der Waals surface area contributed by atoms with E-state index < -0.39 is 18.0 Å². The maximum atomic E-state index is 13.4. The first-order valence-electron chi connectivity index (χ1n) is 14.1. The predicted molar refractivity (Wildman–Crippen MR) is 148 cm³/mol. The fourth-order valence-corrected chi connectivity index (χ4v) is 4.46. The van der Waals surface area contributed by atoms with Gasteiger partial charge in [0.2, 0.25) is 0 Å². The fraction of sp³-hybridized carbons (Fsp3) is 0.633. The number of hydrogen-bond acceptors (Lipinski definition) is 7. The second-order valence-electron chi connectivity index (χ2n) is 9.88. The number of nitrogens with zero attached hydrogens (tertiary/aromatic N) is 2. The third-order valence-corrected chi connectivity index (χ3v) is 7.12. The van der Waals surface area contributed by atoms with Crippen molar-refractivity contribution in [1.82, 2.24) is 9.55 Å². The van der Waals surface area contributed by atoms with Crippen LogP contribution in [-0.2, 0) is 19.1 Å². The Morgan fingerprint density at radius 2 is 1.61 bits per heavy atom. The van der Waals surface area contributed by atoms with Crippen LogP contribution in [0.25, 0.3) is 11.4 Å². The van der Waals surface area contributed by atoms with Crippen molar-refractivity contribution in [3.05, 3.63) is 30.6 Å². The van der Waals surface area contributed by atoms with Crippen molar-refractivity contribution >= 4 is 11.9 Å². The van der Waals surface area contributed by atoms with Crippen LogP contribution in [0.3, 0.4) is 0 Å². The number of aromatic nitrogens is 2. The molecule has 0 bridgehead atoms. The van der Waals surface area contributed by atoms with Gasteiger partial charge in [-0.2, -0.15) is 0 Å². The normalized spacial score (nSPS) is 13.5. The summed E-state index contributed by atoms with van der Waals surface area (Å²) in [6.07, 6.45) is 11.1. The molecule has 1 N–H and O–H groups in total. The highest BCUT2D eigenvalue weighted by atomic mass is 16.5. The maximum Gasteiger partial charge on any atom is 0.329 e. The molecular weight excluding hydrogens is 484 g/mol. The van der Waals surface area contributed by atoms with E-state index in [4.69, 9.17) is 14.2 Å². The molecule has 0 aliphatic carbocycles. The molecule has 2 rings (SSSR count). The Kier molecular flexibility index (Phi) is 13.7. The van der Waals surface area contributed by atoms with E-state index in [1.165, 1.54) is 13.3 Å². The number of unbranched alkanes of at least 4 members (excludes halogenated alkanes) is 2. The zero-order chi connectivity index (χ0) is 27.9. The molecule has 8 nitrogen and oxygen atoms in total. The quantitative estimate of drug-likeness (QED) is 0.214. The molecule has 0 amide bonds. The van der Waals surface area contributed by atoms with Gasteiger partial charge in [0.1, 0.15) is 11.9 Å². The Morgan fingerprint density at radius 1 is 0.974 bits per heavy atom. The van der Waals surface area contributed by atoms with E-state index in [1.807, 2.05) is 0 Å². The summed E-state index contributed by atoms with van der Waals surface area (Å²) >= 11 is 0. The smallest absolute Gasteiger partial charge is 0.329 e. The summed E-state index contributed by atoms with van der Waals surface area (Å²) in [6, 6.07) is 4.08. The monoisotopic (exact) mass is 530 g/mol. The van der Waals surface area contributed by atoms with Crippen molar-refractivity contribution in [2.45, 2.75) is 91.5 Å². The number of imidazole rings is 1. The maximum absolute atomic E-state index is 13.4. The summed E-state index contributed by atoms with van der Waals surface area (Å²) in [5.41, 5.74) is 0.389. The van der Waals surface area contributed by atoms with Gasteiger partial charge >= 0.3 is 11.9 Å². The zero-order valence-electron chi connectivity index (χ0n) is 23.8. The topological polar surface area (TPSA) is 99.9 Å². The molecule has 1 aromatic carbocycles. The van der Waals surface area contributed by atoms with E-state index in [1.54, 1.807) is 29.0 Å². The number of aromatic hydroxyl groups is 1. The minimum Gasteiger partial charge on any atom is -0.504 e. The van der Waals surface area contributed by atoms with Gasteiger partial charge in [0.25, 0.3) is 0 Å². The van der Waals surface area contributed by atoms with Crippen LogP contribution in [0, 0.1) is 11.8 Å². The van der Waals surface area contributed by atoms with Crippen molar-refractivity contribution < 1.29 is 28.9 Å². The van der Waals surface area contributed by atoms with E-state index in [9.17, 15) is 14.7 Å². The molecule has 0 aliphatic heterocycles. The molecular formula is C30H46N2O6. The van der Waals surface area contributed by atoms with E-state index in [2.05, 4.69) is 32.7 Å². The molecule has 3 atom stereocenters. The average molecular weight is 531 g/mol. The fourth-order valence-electron chi connectivity index (χ4n) is 4.46. The highest BCUT2D eigenvalue weighted by molar-refractivity contribution is 5.82. The molecule has 1 aromatic heterocycles. The summed E-state index contributed by atoms with van der Waals surface area (Å²) in [6.45, 7) is 9.09. The van der Waals surface area contributed by atoms with Gasteiger partial charge in [0.15, 0.2) is 11.5 Å². The van der Waals surface area contributed by atoms with Crippen molar-refractivity contribution in [2.75, 3.05) is 20.3 Å². The van der Waals surface area contributed by atoms with E-state index >= 15 is 0 Å².